The maximum Gasteiger partial charge on any atom is 0.233 e. The standard InChI is InChI=1S/C11H22INO/c1-6-7-9(2)13(10(14)8-12)11(3,4)5/h9H,6-8H2,1-5H3. The highest BCUT2D eigenvalue weighted by Crippen LogP contribution is 2.20. The third-order valence-corrected chi connectivity index (χ3v) is 2.91. The zero-order valence-corrected chi connectivity index (χ0v) is 12.1. The molecule has 1 unspecified atom stereocenters. The van der Waals surface area contributed by atoms with Crippen LogP contribution in [0.1, 0.15) is 47.5 Å². The molecule has 0 aliphatic carbocycles. The molecule has 84 valence electrons. The van der Waals surface area contributed by atoms with Gasteiger partial charge in [0, 0.05) is 11.6 Å². The van der Waals surface area contributed by atoms with Crippen LogP contribution in [0, 0.1) is 0 Å². The molecule has 0 aromatic carbocycles. The highest BCUT2D eigenvalue weighted by molar-refractivity contribution is 14.1. The van der Waals surface area contributed by atoms with Gasteiger partial charge in [0.15, 0.2) is 0 Å². The maximum atomic E-state index is 11.8. The molecule has 0 heterocycles. The van der Waals surface area contributed by atoms with Crippen molar-refractivity contribution < 1.29 is 4.79 Å². The normalized spacial score (nSPS) is 13.9. The van der Waals surface area contributed by atoms with Crippen LogP contribution in [0.25, 0.3) is 0 Å². The van der Waals surface area contributed by atoms with E-state index >= 15 is 0 Å². The van der Waals surface area contributed by atoms with Gasteiger partial charge in [-0.05, 0) is 34.1 Å². The molecule has 0 radical (unpaired) electrons. The second kappa shape index (κ2) is 5.93. The molecule has 3 heteroatoms. The predicted octanol–water partition coefficient (Wildman–Crippen LogP) is 3.24. The van der Waals surface area contributed by atoms with Crippen molar-refractivity contribution in [1.29, 1.82) is 0 Å². The van der Waals surface area contributed by atoms with E-state index in [-0.39, 0.29) is 11.4 Å². The Hall–Kier alpha value is 0.200. The number of halogens is 1. The molecule has 0 aliphatic rings. The zero-order chi connectivity index (χ0) is 11.4. The smallest absolute Gasteiger partial charge is 0.233 e. The molecule has 0 fully saturated rings. The van der Waals surface area contributed by atoms with Gasteiger partial charge in [-0.1, -0.05) is 35.9 Å². The lowest BCUT2D eigenvalue weighted by Gasteiger charge is -2.40. The van der Waals surface area contributed by atoms with Crippen molar-refractivity contribution in [3.05, 3.63) is 0 Å². The summed E-state index contributed by atoms with van der Waals surface area (Å²) in [4.78, 5) is 13.8. The summed E-state index contributed by atoms with van der Waals surface area (Å²) in [5.74, 6) is 0.249. The third kappa shape index (κ3) is 4.15. The van der Waals surface area contributed by atoms with Crippen LogP contribution in [0.2, 0.25) is 0 Å². The molecule has 0 aliphatic heterocycles. The monoisotopic (exact) mass is 311 g/mol. The number of hydrogen-bond donors (Lipinski definition) is 0. The molecule has 0 N–H and O–H groups in total. The van der Waals surface area contributed by atoms with E-state index in [1.165, 1.54) is 0 Å². The van der Waals surface area contributed by atoms with Crippen LogP contribution in [0.4, 0.5) is 0 Å². The lowest BCUT2D eigenvalue weighted by Crippen LogP contribution is -2.51. The average Bonchev–Trinajstić information content (AvgIpc) is 2.02. The summed E-state index contributed by atoms with van der Waals surface area (Å²) in [6.07, 6.45) is 2.21. The Morgan fingerprint density at radius 1 is 1.43 bits per heavy atom. The van der Waals surface area contributed by atoms with Crippen LogP contribution in [0.5, 0.6) is 0 Å². The number of carbonyl (C=O) groups excluding carboxylic acids is 1. The first kappa shape index (κ1) is 14.2. The number of amides is 1. The van der Waals surface area contributed by atoms with E-state index < -0.39 is 0 Å². The van der Waals surface area contributed by atoms with Gasteiger partial charge in [-0.2, -0.15) is 0 Å². The molecule has 1 amide bonds. The Labute approximate surface area is 102 Å². The minimum absolute atomic E-state index is 0.0587. The van der Waals surface area contributed by atoms with Gasteiger partial charge in [0.25, 0.3) is 0 Å². The fraction of sp³-hybridized carbons (Fsp3) is 0.909. The summed E-state index contributed by atoms with van der Waals surface area (Å²) in [7, 11) is 0. The Bertz CT molecular complexity index is 186. The van der Waals surface area contributed by atoms with Crippen molar-refractivity contribution in [2.75, 3.05) is 4.43 Å². The molecule has 1 atom stereocenters. The van der Waals surface area contributed by atoms with Crippen molar-refractivity contribution in [2.24, 2.45) is 0 Å². The predicted molar refractivity (Wildman–Crippen MR) is 69.9 cm³/mol. The second-order valence-corrected chi connectivity index (χ2v) is 5.47. The van der Waals surface area contributed by atoms with Gasteiger partial charge in [0.2, 0.25) is 5.91 Å². The number of nitrogens with zero attached hydrogens (tertiary/aromatic N) is 1. The summed E-state index contributed by atoms with van der Waals surface area (Å²) >= 11 is 2.14. The van der Waals surface area contributed by atoms with Gasteiger partial charge >= 0.3 is 0 Å². The largest absolute Gasteiger partial charge is 0.334 e. The maximum absolute atomic E-state index is 11.8. The Morgan fingerprint density at radius 3 is 2.21 bits per heavy atom. The minimum Gasteiger partial charge on any atom is -0.334 e. The van der Waals surface area contributed by atoms with Crippen LogP contribution in [0.15, 0.2) is 0 Å². The van der Waals surface area contributed by atoms with Crippen molar-refractivity contribution >= 4 is 28.5 Å². The molecule has 14 heavy (non-hydrogen) atoms. The lowest BCUT2D eigenvalue weighted by atomic mass is 10.0. The van der Waals surface area contributed by atoms with E-state index in [4.69, 9.17) is 0 Å². The Kier molecular flexibility index (Phi) is 6.02. The minimum atomic E-state index is -0.0587. The molecular weight excluding hydrogens is 289 g/mol. The number of alkyl halides is 1. The van der Waals surface area contributed by atoms with Crippen LogP contribution < -0.4 is 0 Å². The molecule has 0 rings (SSSR count). The Balaban J connectivity index is 4.64. The van der Waals surface area contributed by atoms with Gasteiger partial charge < -0.3 is 4.90 Å². The molecule has 0 spiro atoms. The summed E-state index contributed by atoms with van der Waals surface area (Å²) in [5.41, 5.74) is -0.0587. The summed E-state index contributed by atoms with van der Waals surface area (Å²) < 4.78 is 0.573. The molecule has 0 saturated heterocycles. The van der Waals surface area contributed by atoms with Crippen molar-refractivity contribution in [2.45, 2.75) is 59.0 Å². The first-order valence-electron chi connectivity index (χ1n) is 5.22. The molecule has 0 saturated carbocycles. The number of rotatable bonds is 4. The first-order chi connectivity index (χ1) is 6.34. The molecular formula is C11H22INO. The van der Waals surface area contributed by atoms with E-state index in [9.17, 15) is 4.79 Å². The average molecular weight is 311 g/mol. The quantitative estimate of drug-likeness (QED) is 0.576. The molecule has 0 aromatic heterocycles. The van der Waals surface area contributed by atoms with E-state index in [2.05, 4.69) is 57.2 Å². The number of carbonyl (C=O) groups is 1. The molecule has 2 nitrogen and oxygen atoms in total. The summed E-state index contributed by atoms with van der Waals surface area (Å²) in [6, 6.07) is 0.349. The van der Waals surface area contributed by atoms with Crippen molar-refractivity contribution in [3.8, 4) is 0 Å². The van der Waals surface area contributed by atoms with E-state index in [1.54, 1.807) is 0 Å². The van der Waals surface area contributed by atoms with Gasteiger partial charge in [-0.3, -0.25) is 4.79 Å². The SMILES string of the molecule is CCCC(C)N(C(=O)CI)C(C)(C)C. The van der Waals surface area contributed by atoms with Gasteiger partial charge in [-0.25, -0.2) is 0 Å². The van der Waals surface area contributed by atoms with Crippen molar-refractivity contribution in [3.63, 3.8) is 0 Å². The van der Waals surface area contributed by atoms with Gasteiger partial charge in [0.1, 0.15) is 0 Å². The fourth-order valence-corrected chi connectivity index (χ4v) is 2.26. The third-order valence-electron chi connectivity index (χ3n) is 2.25. The van der Waals surface area contributed by atoms with Crippen molar-refractivity contribution in [1.82, 2.24) is 4.90 Å². The van der Waals surface area contributed by atoms with Crippen LogP contribution in [0.3, 0.4) is 0 Å². The van der Waals surface area contributed by atoms with E-state index in [0.29, 0.717) is 10.5 Å². The summed E-state index contributed by atoms with van der Waals surface area (Å²) in [6.45, 7) is 10.6. The molecule has 0 aromatic rings. The van der Waals surface area contributed by atoms with Gasteiger partial charge in [-0.15, -0.1) is 0 Å². The summed E-state index contributed by atoms with van der Waals surface area (Å²) in [5, 5.41) is 0. The second-order valence-electron chi connectivity index (χ2n) is 4.71. The van der Waals surface area contributed by atoms with E-state index in [0.717, 1.165) is 12.8 Å². The van der Waals surface area contributed by atoms with Crippen LogP contribution in [-0.4, -0.2) is 26.8 Å². The van der Waals surface area contributed by atoms with Crippen LogP contribution in [-0.2, 0) is 4.79 Å². The molecule has 0 bridgehead atoms. The van der Waals surface area contributed by atoms with Gasteiger partial charge in [0.05, 0.1) is 4.43 Å². The topological polar surface area (TPSA) is 20.3 Å². The van der Waals surface area contributed by atoms with E-state index in [1.807, 2.05) is 4.90 Å². The number of hydrogen-bond acceptors (Lipinski definition) is 1. The highest BCUT2D eigenvalue weighted by atomic mass is 127. The first-order valence-corrected chi connectivity index (χ1v) is 6.75. The fourth-order valence-electron chi connectivity index (χ4n) is 1.89. The zero-order valence-electron chi connectivity index (χ0n) is 9.93. The Morgan fingerprint density at radius 2 is 1.93 bits per heavy atom. The van der Waals surface area contributed by atoms with Crippen LogP contribution >= 0.6 is 22.6 Å². The lowest BCUT2D eigenvalue weighted by molar-refractivity contribution is -0.135. The highest BCUT2D eigenvalue weighted by Gasteiger charge is 2.29.